The van der Waals surface area contributed by atoms with Crippen LogP contribution in [0.1, 0.15) is 42.5 Å². The molecule has 1 aliphatic heterocycles. The summed E-state index contributed by atoms with van der Waals surface area (Å²) in [5.74, 6) is 0.656. The van der Waals surface area contributed by atoms with Crippen molar-refractivity contribution < 1.29 is 14.6 Å². The van der Waals surface area contributed by atoms with Crippen LogP contribution >= 0.6 is 0 Å². The minimum atomic E-state index is -0.483. The van der Waals surface area contributed by atoms with Gasteiger partial charge in [0.25, 0.3) is 5.91 Å². The van der Waals surface area contributed by atoms with Gasteiger partial charge < -0.3 is 20.5 Å². The van der Waals surface area contributed by atoms with E-state index in [4.69, 9.17) is 10.5 Å². The van der Waals surface area contributed by atoms with Crippen LogP contribution in [0.5, 0.6) is 5.75 Å². The van der Waals surface area contributed by atoms with Crippen LogP contribution in [0.3, 0.4) is 0 Å². The molecule has 26 heavy (non-hydrogen) atoms. The number of nitrogens with two attached hydrogens (primary N) is 1. The maximum atomic E-state index is 12.9. The summed E-state index contributed by atoms with van der Waals surface area (Å²) in [6.07, 6.45) is 4.86. The summed E-state index contributed by atoms with van der Waals surface area (Å²) in [7, 11) is 1.81. The van der Waals surface area contributed by atoms with Gasteiger partial charge in [0.2, 0.25) is 0 Å². The normalized spacial score (nSPS) is 26.7. The standard InChI is InChI=1S/C20H31N3O3/c1-22(20(25)15-7-9-16(10-8-15)26-14-11-21)17-5-4-6-18(19(17)24)23-12-2-3-13-23/h7-10,17-19,24H,2-6,11-14,21H2,1H3/t17-,18-,19-/m1/s1. The monoisotopic (exact) mass is 361 g/mol. The highest BCUT2D eigenvalue weighted by molar-refractivity contribution is 5.94. The number of likely N-dealkylation sites (N-methyl/N-ethyl adjacent to an activating group) is 1. The zero-order valence-electron chi connectivity index (χ0n) is 15.6. The van der Waals surface area contributed by atoms with Crippen molar-refractivity contribution in [2.45, 2.75) is 50.3 Å². The lowest BCUT2D eigenvalue weighted by molar-refractivity contribution is -0.0241. The van der Waals surface area contributed by atoms with Gasteiger partial charge in [-0.1, -0.05) is 0 Å². The second-order valence-electron chi connectivity index (χ2n) is 7.38. The lowest BCUT2D eigenvalue weighted by Gasteiger charge is -2.43. The van der Waals surface area contributed by atoms with E-state index in [9.17, 15) is 9.90 Å². The summed E-state index contributed by atoms with van der Waals surface area (Å²) < 4.78 is 5.46. The molecule has 2 aliphatic rings. The minimum Gasteiger partial charge on any atom is -0.492 e. The van der Waals surface area contributed by atoms with Crippen molar-refractivity contribution in [3.8, 4) is 5.75 Å². The van der Waals surface area contributed by atoms with Gasteiger partial charge in [0.1, 0.15) is 12.4 Å². The lowest BCUT2D eigenvalue weighted by atomic mass is 9.86. The Bertz CT molecular complexity index is 586. The van der Waals surface area contributed by atoms with Crippen LogP contribution in [0.25, 0.3) is 0 Å². The number of amides is 1. The van der Waals surface area contributed by atoms with E-state index in [1.165, 1.54) is 12.8 Å². The molecule has 1 aromatic carbocycles. The highest BCUT2D eigenvalue weighted by Gasteiger charge is 2.39. The number of ether oxygens (including phenoxy) is 1. The van der Waals surface area contributed by atoms with Crippen molar-refractivity contribution in [1.82, 2.24) is 9.80 Å². The van der Waals surface area contributed by atoms with Gasteiger partial charge in [-0.25, -0.2) is 0 Å². The molecular weight excluding hydrogens is 330 g/mol. The molecule has 3 rings (SSSR count). The molecule has 1 saturated carbocycles. The predicted octanol–water partition coefficient (Wildman–Crippen LogP) is 1.47. The number of nitrogens with zero attached hydrogens (tertiary/aromatic N) is 2. The quantitative estimate of drug-likeness (QED) is 0.802. The number of aliphatic hydroxyl groups is 1. The number of benzene rings is 1. The number of likely N-dealkylation sites (tertiary alicyclic amines) is 1. The van der Waals surface area contributed by atoms with Gasteiger partial charge in [0.15, 0.2) is 0 Å². The van der Waals surface area contributed by atoms with Gasteiger partial charge in [0.05, 0.1) is 12.1 Å². The molecule has 1 heterocycles. The molecule has 1 aromatic rings. The summed E-state index contributed by atoms with van der Waals surface area (Å²) in [5.41, 5.74) is 6.05. The average molecular weight is 361 g/mol. The summed E-state index contributed by atoms with van der Waals surface area (Å²) >= 11 is 0. The Balaban J connectivity index is 1.65. The van der Waals surface area contributed by atoms with E-state index in [1.54, 1.807) is 36.2 Å². The van der Waals surface area contributed by atoms with E-state index < -0.39 is 6.10 Å². The molecule has 0 aromatic heterocycles. The van der Waals surface area contributed by atoms with E-state index in [2.05, 4.69) is 4.90 Å². The van der Waals surface area contributed by atoms with Crippen molar-refractivity contribution in [2.75, 3.05) is 33.3 Å². The molecule has 0 unspecified atom stereocenters. The largest absolute Gasteiger partial charge is 0.492 e. The van der Waals surface area contributed by atoms with Gasteiger partial charge >= 0.3 is 0 Å². The van der Waals surface area contributed by atoms with Crippen LogP contribution in [0.15, 0.2) is 24.3 Å². The van der Waals surface area contributed by atoms with Crippen molar-refractivity contribution >= 4 is 5.91 Å². The zero-order valence-corrected chi connectivity index (χ0v) is 15.6. The molecule has 2 fully saturated rings. The Kier molecular flexibility index (Phi) is 6.51. The molecule has 0 spiro atoms. The number of hydrogen-bond acceptors (Lipinski definition) is 5. The summed E-state index contributed by atoms with van der Waals surface area (Å²) in [6.45, 7) is 3.05. The summed E-state index contributed by atoms with van der Waals surface area (Å²) in [5, 5.41) is 10.9. The van der Waals surface area contributed by atoms with E-state index in [0.717, 1.165) is 32.4 Å². The first-order valence-electron chi connectivity index (χ1n) is 9.74. The third-order valence-corrected chi connectivity index (χ3v) is 5.70. The molecule has 0 radical (unpaired) electrons. The second-order valence-corrected chi connectivity index (χ2v) is 7.38. The number of aliphatic hydroxyl groups excluding tert-OH is 1. The fourth-order valence-corrected chi connectivity index (χ4v) is 4.25. The number of rotatable bonds is 6. The molecule has 1 saturated heterocycles. The Hall–Kier alpha value is -1.63. The highest BCUT2D eigenvalue weighted by Crippen LogP contribution is 2.29. The van der Waals surface area contributed by atoms with Gasteiger partial charge in [-0.3, -0.25) is 9.69 Å². The van der Waals surface area contributed by atoms with E-state index in [1.807, 2.05) is 0 Å². The molecule has 0 bridgehead atoms. The van der Waals surface area contributed by atoms with E-state index >= 15 is 0 Å². The van der Waals surface area contributed by atoms with E-state index in [0.29, 0.717) is 24.5 Å². The van der Waals surface area contributed by atoms with Crippen molar-refractivity contribution in [1.29, 1.82) is 0 Å². The maximum absolute atomic E-state index is 12.9. The first-order chi connectivity index (χ1) is 12.6. The van der Waals surface area contributed by atoms with Crippen molar-refractivity contribution in [3.05, 3.63) is 29.8 Å². The Morgan fingerprint density at radius 2 is 1.92 bits per heavy atom. The number of carbonyl (C=O) groups excluding carboxylic acids is 1. The van der Waals surface area contributed by atoms with Crippen LogP contribution in [0.2, 0.25) is 0 Å². The van der Waals surface area contributed by atoms with Crippen LogP contribution in [-0.4, -0.2) is 72.3 Å². The van der Waals surface area contributed by atoms with E-state index in [-0.39, 0.29) is 18.0 Å². The number of carbonyl (C=O) groups is 1. The molecule has 6 nitrogen and oxygen atoms in total. The fourth-order valence-electron chi connectivity index (χ4n) is 4.25. The summed E-state index contributed by atoms with van der Waals surface area (Å²) in [6, 6.07) is 7.19. The van der Waals surface area contributed by atoms with Gasteiger partial charge in [0, 0.05) is 25.2 Å². The highest BCUT2D eigenvalue weighted by atomic mass is 16.5. The molecule has 6 heteroatoms. The van der Waals surface area contributed by atoms with Crippen molar-refractivity contribution in [3.63, 3.8) is 0 Å². The smallest absolute Gasteiger partial charge is 0.253 e. The summed E-state index contributed by atoms with van der Waals surface area (Å²) in [4.78, 5) is 17.0. The SMILES string of the molecule is CN(C(=O)c1ccc(OCCN)cc1)[C@@H]1CCC[C@@H](N2CCCC2)[C@@H]1O. The van der Waals surface area contributed by atoms with Crippen LogP contribution < -0.4 is 10.5 Å². The topological polar surface area (TPSA) is 79.0 Å². The van der Waals surface area contributed by atoms with Crippen molar-refractivity contribution in [2.24, 2.45) is 5.73 Å². The first-order valence-corrected chi connectivity index (χ1v) is 9.74. The fraction of sp³-hybridized carbons (Fsp3) is 0.650. The molecular formula is C20H31N3O3. The van der Waals surface area contributed by atoms with Gasteiger partial charge in [-0.15, -0.1) is 0 Å². The molecule has 1 amide bonds. The predicted molar refractivity (Wildman–Crippen MR) is 101 cm³/mol. The van der Waals surface area contributed by atoms with Crippen LogP contribution in [0.4, 0.5) is 0 Å². The third-order valence-electron chi connectivity index (χ3n) is 5.70. The Morgan fingerprint density at radius 3 is 2.58 bits per heavy atom. The molecule has 144 valence electrons. The minimum absolute atomic E-state index is 0.0542. The van der Waals surface area contributed by atoms with Gasteiger partial charge in [-0.05, 0) is 69.5 Å². The lowest BCUT2D eigenvalue weighted by Crippen LogP contribution is -2.56. The second kappa shape index (κ2) is 8.84. The maximum Gasteiger partial charge on any atom is 0.253 e. The Morgan fingerprint density at radius 1 is 1.23 bits per heavy atom. The van der Waals surface area contributed by atoms with Crippen LogP contribution in [-0.2, 0) is 0 Å². The average Bonchev–Trinajstić information content (AvgIpc) is 3.20. The first kappa shape index (κ1) is 19.1. The van der Waals surface area contributed by atoms with Gasteiger partial charge in [-0.2, -0.15) is 0 Å². The molecule has 3 N–H and O–H groups in total. The number of hydrogen-bond donors (Lipinski definition) is 2. The van der Waals surface area contributed by atoms with Crippen LogP contribution in [0, 0.1) is 0 Å². The third kappa shape index (κ3) is 4.19. The molecule has 1 aliphatic carbocycles. The zero-order chi connectivity index (χ0) is 18.5. The molecule has 3 atom stereocenters. The Labute approximate surface area is 155 Å².